The third-order valence-electron chi connectivity index (χ3n) is 4.04. The number of fused-ring (bicyclic) bond motifs is 2. The maximum absolute atomic E-state index is 12.7. The van der Waals surface area contributed by atoms with Crippen LogP contribution in [0.15, 0.2) is 18.3 Å². The van der Waals surface area contributed by atoms with Gasteiger partial charge in [0.25, 0.3) is 5.91 Å². The van der Waals surface area contributed by atoms with E-state index in [1.807, 2.05) is 0 Å². The monoisotopic (exact) mass is 289 g/mol. The lowest BCUT2D eigenvalue weighted by molar-refractivity contribution is -0.121. The molecule has 0 spiro atoms. The van der Waals surface area contributed by atoms with Gasteiger partial charge < -0.3 is 15.3 Å². The Morgan fingerprint density at radius 2 is 2.10 bits per heavy atom. The summed E-state index contributed by atoms with van der Waals surface area (Å²) in [4.78, 5) is 40.6. The normalized spacial score (nSPS) is 24.4. The van der Waals surface area contributed by atoms with E-state index in [0.717, 1.165) is 12.8 Å². The highest BCUT2D eigenvalue weighted by atomic mass is 16.4. The molecule has 2 amide bonds. The van der Waals surface area contributed by atoms with E-state index in [1.165, 1.54) is 18.3 Å². The number of nitrogens with zero attached hydrogens (tertiary/aromatic N) is 2. The number of hydrogen-bond acceptors (Lipinski definition) is 4. The van der Waals surface area contributed by atoms with Crippen LogP contribution in [0.2, 0.25) is 0 Å². The van der Waals surface area contributed by atoms with Gasteiger partial charge in [0.05, 0.1) is 0 Å². The summed E-state index contributed by atoms with van der Waals surface area (Å²) in [5.41, 5.74) is 0.144. The molecule has 1 aromatic rings. The van der Waals surface area contributed by atoms with Gasteiger partial charge in [-0.2, -0.15) is 0 Å². The highest BCUT2D eigenvalue weighted by molar-refractivity contribution is 5.97. The Kier molecular flexibility index (Phi) is 3.32. The summed E-state index contributed by atoms with van der Waals surface area (Å²) in [6.07, 6.45) is 3.28. The lowest BCUT2D eigenvalue weighted by Crippen LogP contribution is -2.42. The zero-order valence-corrected chi connectivity index (χ0v) is 11.3. The topological polar surface area (TPSA) is 99.6 Å². The van der Waals surface area contributed by atoms with Crippen LogP contribution < -0.4 is 5.32 Å². The zero-order chi connectivity index (χ0) is 15.0. The summed E-state index contributed by atoms with van der Waals surface area (Å²) in [5.74, 6) is -1.44. The Labute approximate surface area is 121 Å². The molecular formula is C14H15N3O4. The standard InChI is InChI=1S/C14H15N3O4/c18-12-6-9-1-2-10(7-16-12)17(9)13(19)8-3-4-15-11(5-8)14(20)21/h3-5,9-10H,1-2,6-7H2,(H,16,18)(H,20,21). The van der Waals surface area contributed by atoms with Gasteiger partial charge in [-0.25, -0.2) is 9.78 Å². The molecule has 1 aromatic heterocycles. The van der Waals surface area contributed by atoms with Crippen molar-refractivity contribution in [3.8, 4) is 0 Å². The van der Waals surface area contributed by atoms with Crippen molar-refractivity contribution in [3.63, 3.8) is 0 Å². The quantitative estimate of drug-likeness (QED) is 0.814. The number of pyridine rings is 1. The molecule has 2 saturated heterocycles. The average molecular weight is 289 g/mol. The predicted molar refractivity (Wildman–Crippen MR) is 71.8 cm³/mol. The van der Waals surface area contributed by atoms with Crippen molar-refractivity contribution in [2.24, 2.45) is 0 Å². The predicted octanol–water partition coefficient (Wildman–Crippen LogP) is 0.273. The summed E-state index contributed by atoms with van der Waals surface area (Å²) < 4.78 is 0. The van der Waals surface area contributed by atoms with Gasteiger partial charge in [0, 0.05) is 36.8 Å². The Bertz CT molecular complexity index is 616. The largest absolute Gasteiger partial charge is 0.477 e. The second-order valence-electron chi connectivity index (χ2n) is 5.34. The van der Waals surface area contributed by atoms with Gasteiger partial charge in [0.15, 0.2) is 0 Å². The van der Waals surface area contributed by atoms with Crippen molar-refractivity contribution < 1.29 is 19.5 Å². The van der Waals surface area contributed by atoms with Crippen LogP contribution in [0, 0.1) is 0 Å². The van der Waals surface area contributed by atoms with Crippen molar-refractivity contribution in [2.45, 2.75) is 31.3 Å². The van der Waals surface area contributed by atoms with Crippen LogP contribution in [0.4, 0.5) is 0 Å². The first-order valence-corrected chi connectivity index (χ1v) is 6.85. The van der Waals surface area contributed by atoms with Gasteiger partial charge in [-0.1, -0.05) is 0 Å². The summed E-state index contributed by atoms with van der Waals surface area (Å²) in [5, 5.41) is 11.8. The lowest BCUT2D eigenvalue weighted by atomic mass is 10.1. The molecule has 0 saturated carbocycles. The SMILES string of the molecule is O=C1CC2CCC(CN1)N2C(=O)c1ccnc(C(=O)O)c1. The van der Waals surface area contributed by atoms with E-state index in [0.29, 0.717) is 18.5 Å². The Balaban J connectivity index is 1.89. The first-order chi connectivity index (χ1) is 10.1. The van der Waals surface area contributed by atoms with Gasteiger partial charge in [0.2, 0.25) is 5.91 Å². The van der Waals surface area contributed by atoms with Crippen LogP contribution in [0.1, 0.15) is 40.1 Å². The second kappa shape index (κ2) is 5.16. The maximum Gasteiger partial charge on any atom is 0.354 e. The van der Waals surface area contributed by atoms with E-state index in [9.17, 15) is 14.4 Å². The molecule has 2 unspecified atom stereocenters. The number of hydrogen-bond donors (Lipinski definition) is 2. The molecule has 0 radical (unpaired) electrons. The van der Waals surface area contributed by atoms with Crippen LogP contribution in [0.3, 0.4) is 0 Å². The Morgan fingerprint density at radius 1 is 1.33 bits per heavy atom. The Hall–Kier alpha value is -2.44. The molecule has 0 aliphatic carbocycles. The van der Waals surface area contributed by atoms with Gasteiger partial charge in [0.1, 0.15) is 5.69 Å². The zero-order valence-electron chi connectivity index (χ0n) is 11.3. The summed E-state index contributed by atoms with van der Waals surface area (Å²) in [6, 6.07) is 2.67. The molecule has 3 heterocycles. The molecule has 3 rings (SSSR count). The summed E-state index contributed by atoms with van der Waals surface area (Å²) in [7, 11) is 0. The van der Waals surface area contributed by atoms with E-state index < -0.39 is 5.97 Å². The molecule has 2 aliphatic rings. The van der Waals surface area contributed by atoms with Crippen molar-refractivity contribution >= 4 is 17.8 Å². The van der Waals surface area contributed by atoms with Gasteiger partial charge in [-0.05, 0) is 25.0 Å². The van der Waals surface area contributed by atoms with Crippen molar-refractivity contribution in [2.75, 3.05) is 6.54 Å². The number of aromatic carboxylic acids is 1. The minimum atomic E-state index is -1.17. The highest BCUT2D eigenvalue weighted by Crippen LogP contribution is 2.29. The first-order valence-electron chi connectivity index (χ1n) is 6.85. The van der Waals surface area contributed by atoms with E-state index in [2.05, 4.69) is 10.3 Å². The fraction of sp³-hybridized carbons (Fsp3) is 0.429. The molecule has 7 nitrogen and oxygen atoms in total. The van der Waals surface area contributed by atoms with E-state index in [4.69, 9.17) is 5.11 Å². The number of rotatable bonds is 2. The van der Waals surface area contributed by atoms with Gasteiger partial charge in [-0.15, -0.1) is 0 Å². The second-order valence-corrected chi connectivity index (χ2v) is 5.34. The highest BCUT2D eigenvalue weighted by Gasteiger charge is 2.40. The molecule has 2 N–H and O–H groups in total. The van der Waals surface area contributed by atoms with Crippen LogP contribution >= 0.6 is 0 Å². The van der Waals surface area contributed by atoms with E-state index in [1.54, 1.807) is 4.90 Å². The summed E-state index contributed by atoms with van der Waals surface area (Å²) >= 11 is 0. The smallest absolute Gasteiger partial charge is 0.354 e. The van der Waals surface area contributed by atoms with E-state index in [-0.39, 0.29) is 29.6 Å². The molecule has 21 heavy (non-hydrogen) atoms. The number of carbonyl (C=O) groups excluding carboxylic acids is 2. The molecule has 2 aliphatic heterocycles. The fourth-order valence-electron chi connectivity index (χ4n) is 3.04. The number of nitrogens with one attached hydrogen (secondary N) is 1. The van der Waals surface area contributed by atoms with Crippen molar-refractivity contribution in [1.29, 1.82) is 0 Å². The third kappa shape index (κ3) is 2.46. The molecule has 2 fully saturated rings. The average Bonchev–Trinajstić information content (AvgIpc) is 2.78. The number of carbonyl (C=O) groups is 3. The number of carboxylic acids is 1. The summed E-state index contributed by atoms with van der Waals surface area (Å²) in [6.45, 7) is 0.456. The third-order valence-corrected chi connectivity index (χ3v) is 4.04. The minimum absolute atomic E-state index is 0.0182. The molecule has 0 aromatic carbocycles. The van der Waals surface area contributed by atoms with Crippen LogP contribution in [0.25, 0.3) is 0 Å². The lowest BCUT2D eigenvalue weighted by Gasteiger charge is -2.27. The molecule has 110 valence electrons. The van der Waals surface area contributed by atoms with Crippen LogP contribution in [-0.2, 0) is 4.79 Å². The van der Waals surface area contributed by atoms with Gasteiger partial charge in [-0.3, -0.25) is 9.59 Å². The van der Waals surface area contributed by atoms with Crippen molar-refractivity contribution in [1.82, 2.24) is 15.2 Å². The number of aromatic nitrogens is 1. The number of carboxylic acid groups (broad SMARTS) is 1. The molecule has 7 heteroatoms. The Morgan fingerprint density at radius 3 is 2.86 bits per heavy atom. The number of amides is 2. The maximum atomic E-state index is 12.7. The minimum Gasteiger partial charge on any atom is -0.477 e. The molecular weight excluding hydrogens is 274 g/mol. The van der Waals surface area contributed by atoms with Crippen LogP contribution in [0.5, 0.6) is 0 Å². The molecule has 2 atom stereocenters. The van der Waals surface area contributed by atoms with Crippen LogP contribution in [-0.4, -0.2) is 51.4 Å². The van der Waals surface area contributed by atoms with E-state index >= 15 is 0 Å². The molecule has 2 bridgehead atoms. The fourth-order valence-corrected chi connectivity index (χ4v) is 3.04. The van der Waals surface area contributed by atoms with Gasteiger partial charge >= 0.3 is 5.97 Å². The van der Waals surface area contributed by atoms with Crippen molar-refractivity contribution in [3.05, 3.63) is 29.6 Å². The first kappa shape index (κ1) is 13.5.